The Hall–Kier alpha value is -1.06. The van der Waals surface area contributed by atoms with Gasteiger partial charge in [0.15, 0.2) is 5.96 Å². The smallest absolute Gasteiger partial charge is 0.193 e. The van der Waals surface area contributed by atoms with E-state index < -0.39 is 0 Å². The molecule has 3 rings (SSSR count). The Labute approximate surface area is 186 Å². The van der Waals surface area contributed by atoms with Crippen LogP contribution in [-0.2, 0) is 9.47 Å². The SMILES string of the molecule is CCN(CCNC(=NC)N1CCOC(C2CCCO2)C1)c1cccc(C)c1.I. The third kappa shape index (κ3) is 6.22. The zero-order valence-electron chi connectivity index (χ0n) is 17.4. The molecule has 0 saturated carbocycles. The van der Waals surface area contributed by atoms with E-state index in [1.807, 2.05) is 7.05 Å². The van der Waals surface area contributed by atoms with Gasteiger partial charge in [-0.1, -0.05) is 12.1 Å². The number of benzene rings is 1. The van der Waals surface area contributed by atoms with Gasteiger partial charge in [0, 0.05) is 52.1 Å². The zero-order chi connectivity index (χ0) is 19.1. The van der Waals surface area contributed by atoms with E-state index in [2.05, 4.69) is 58.2 Å². The summed E-state index contributed by atoms with van der Waals surface area (Å²) in [4.78, 5) is 9.19. The molecule has 158 valence electrons. The Morgan fingerprint density at radius 1 is 1.29 bits per heavy atom. The van der Waals surface area contributed by atoms with Gasteiger partial charge in [-0.2, -0.15) is 0 Å². The molecule has 0 spiro atoms. The van der Waals surface area contributed by atoms with Gasteiger partial charge in [-0.15, -0.1) is 24.0 Å². The number of nitrogens with zero attached hydrogens (tertiary/aromatic N) is 3. The number of guanidine groups is 1. The second kappa shape index (κ2) is 11.8. The maximum Gasteiger partial charge on any atom is 0.193 e. The molecule has 1 aromatic rings. The summed E-state index contributed by atoms with van der Waals surface area (Å²) in [5.41, 5.74) is 2.57. The molecule has 2 aliphatic rings. The van der Waals surface area contributed by atoms with Crippen molar-refractivity contribution in [2.45, 2.75) is 38.9 Å². The number of morpholine rings is 1. The third-order valence-electron chi connectivity index (χ3n) is 5.40. The van der Waals surface area contributed by atoms with Gasteiger partial charge in [-0.3, -0.25) is 4.99 Å². The molecule has 2 atom stereocenters. The van der Waals surface area contributed by atoms with E-state index in [0.717, 1.165) is 64.7 Å². The van der Waals surface area contributed by atoms with E-state index >= 15 is 0 Å². The lowest BCUT2D eigenvalue weighted by Gasteiger charge is -2.37. The van der Waals surface area contributed by atoms with Crippen molar-refractivity contribution < 1.29 is 9.47 Å². The number of aliphatic imine (C=N–C) groups is 1. The van der Waals surface area contributed by atoms with Crippen LogP contribution in [0.2, 0.25) is 0 Å². The molecule has 1 aromatic carbocycles. The zero-order valence-corrected chi connectivity index (χ0v) is 19.7. The summed E-state index contributed by atoms with van der Waals surface area (Å²) in [6, 6.07) is 8.69. The molecule has 0 amide bonds. The van der Waals surface area contributed by atoms with Crippen LogP contribution in [0.5, 0.6) is 0 Å². The van der Waals surface area contributed by atoms with E-state index in [-0.39, 0.29) is 36.2 Å². The van der Waals surface area contributed by atoms with Crippen molar-refractivity contribution in [2.75, 3.05) is 57.9 Å². The van der Waals surface area contributed by atoms with E-state index in [1.54, 1.807) is 0 Å². The van der Waals surface area contributed by atoms with Crippen molar-refractivity contribution in [3.8, 4) is 0 Å². The van der Waals surface area contributed by atoms with Crippen LogP contribution in [0, 0.1) is 6.92 Å². The molecule has 7 heteroatoms. The predicted octanol–water partition coefficient (Wildman–Crippen LogP) is 2.89. The Morgan fingerprint density at radius 2 is 2.11 bits per heavy atom. The van der Waals surface area contributed by atoms with Gasteiger partial charge in [0.05, 0.1) is 12.7 Å². The number of likely N-dealkylation sites (N-methyl/N-ethyl adjacent to an activating group) is 1. The summed E-state index contributed by atoms with van der Waals surface area (Å²) in [7, 11) is 1.86. The molecule has 1 N–H and O–H groups in total. The molecular weight excluding hydrogens is 467 g/mol. The number of hydrogen-bond donors (Lipinski definition) is 1. The van der Waals surface area contributed by atoms with E-state index in [4.69, 9.17) is 9.47 Å². The maximum absolute atomic E-state index is 5.96. The van der Waals surface area contributed by atoms with Crippen LogP contribution in [0.4, 0.5) is 5.69 Å². The van der Waals surface area contributed by atoms with Gasteiger partial charge >= 0.3 is 0 Å². The minimum atomic E-state index is 0. The van der Waals surface area contributed by atoms with Gasteiger partial charge in [-0.25, -0.2) is 0 Å². The summed E-state index contributed by atoms with van der Waals surface area (Å²) in [6.45, 7) is 10.4. The lowest BCUT2D eigenvalue weighted by Crippen LogP contribution is -2.54. The van der Waals surface area contributed by atoms with Crippen molar-refractivity contribution in [1.29, 1.82) is 0 Å². The molecule has 6 nitrogen and oxygen atoms in total. The van der Waals surface area contributed by atoms with Crippen LogP contribution in [0.1, 0.15) is 25.3 Å². The van der Waals surface area contributed by atoms with Crippen molar-refractivity contribution in [2.24, 2.45) is 4.99 Å². The van der Waals surface area contributed by atoms with Gasteiger partial charge in [0.1, 0.15) is 6.10 Å². The standard InChI is InChI=1S/C21H34N4O2.HI/c1-4-24(18-8-5-7-17(2)15-18)11-10-23-21(22-3)25-12-14-27-20(16-25)19-9-6-13-26-19;/h5,7-8,15,19-20H,4,6,9-14,16H2,1-3H3,(H,22,23);1H. The van der Waals surface area contributed by atoms with Crippen LogP contribution < -0.4 is 10.2 Å². The van der Waals surface area contributed by atoms with E-state index in [9.17, 15) is 0 Å². The lowest BCUT2D eigenvalue weighted by atomic mass is 10.1. The number of nitrogens with one attached hydrogen (secondary N) is 1. The number of aryl methyl sites for hydroxylation is 1. The fourth-order valence-corrected chi connectivity index (χ4v) is 3.92. The van der Waals surface area contributed by atoms with Gasteiger partial charge in [0.25, 0.3) is 0 Å². The van der Waals surface area contributed by atoms with Crippen molar-refractivity contribution >= 4 is 35.6 Å². The predicted molar refractivity (Wildman–Crippen MR) is 126 cm³/mol. The topological polar surface area (TPSA) is 49.3 Å². The summed E-state index contributed by atoms with van der Waals surface area (Å²) in [6.07, 6.45) is 2.64. The Kier molecular flexibility index (Phi) is 9.81. The number of halogens is 1. The minimum Gasteiger partial charge on any atom is -0.375 e. The second-order valence-electron chi connectivity index (χ2n) is 7.30. The molecule has 2 aliphatic heterocycles. The molecule has 0 aromatic heterocycles. The second-order valence-corrected chi connectivity index (χ2v) is 7.30. The van der Waals surface area contributed by atoms with Gasteiger partial charge in [-0.05, 0) is 44.4 Å². The molecule has 2 heterocycles. The van der Waals surface area contributed by atoms with Gasteiger partial charge < -0.3 is 24.6 Å². The largest absolute Gasteiger partial charge is 0.375 e. The molecule has 0 bridgehead atoms. The highest BCUT2D eigenvalue weighted by Gasteiger charge is 2.32. The highest BCUT2D eigenvalue weighted by molar-refractivity contribution is 14.0. The van der Waals surface area contributed by atoms with Crippen LogP contribution in [0.3, 0.4) is 0 Å². The van der Waals surface area contributed by atoms with Crippen molar-refractivity contribution in [3.05, 3.63) is 29.8 Å². The molecule has 28 heavy (non-hydrogen) atoms. The van der Waals surface area contributed by atoms with E-state index in [1.165, 1.54) is 11.3 Å². The Bertz CT molecular complexity index is 622. The van der Waals surface area contributed by atoms with Crippen LogP contribution in [0.15, 0.2) is 29.3 Å². The first-order chi connectivity index (χ1) is 13.2. The normalized spacial score (nSPS) is 22.7. The fourth-order valence-electron chi connectivity index (χ4n) is 3.92. The lowest BCUT2D eigenvalue weighted by molar-refractivity contribution is -0.0816. The number of hydrogen-bond acceptors (Lipinski definition) is 4. The summed E-state index contributed by atoms with van der Waals surface area (Å²) >= 11 is 0. The first-order valence-electron chi connectivity index (χ1n) is 10.2. The summed E-state index contributed by atoms with van der Waals surface area (Å²) < 4.78 is 11.8. The fraction of sp³-hybridized carbons (Fsp3) is 0.667. The molecular formula is C21H35IN4O2. The van der Waals surface area contributed by atoms with Crippen LogP contribution >= 0.6 is 24.0 Å². The minimum absolute atomic E-state index is 0. The summed E-state index contributed by atoms with van der Waals surface area (Å²) in [5, 5.41) is 3.54. The monoisotopic (exact) mass is 502 g/mol. The first-order valence-corrected chi connectivity index (χ1v) is 10.2. The molecule has 0 aliphatic carbocycles. The number of ether oxygens (including phenoxy) is 2. The maximum atomic E-state index is 5.96. The molecule has 0 radical (unpaired) electrons. The molecule has 2 fully saturated rings. The van der Waals surface area contributed by atoms with Crippen LogP contribution in [-0.4, -0.2) is 76.1 Å². The van der Waals surface area contributed by atoms with Gasteiger partial charge in [0.2, 0.25) is 0 Å². The highest BCUT2D eigenvalue weighted by atomic mass is 127. The Balaban J connectivity index is 0.00000280. The average Bonchev–Trinajstić information content (AvgIpc) is 3.23. The number of rotatable bonds is 6. The average molecular weight is 502 g/mol. The third-order valence-corrected chi connectivity index (χ3v) is 5.40. The van der Waals surface area contributed by atoms with E-state index in [0.29, 0.717) is 0 Å². The molecule has 2 unspecified atom stereocenters. The Morgan fingerprint density at radius 3 is 2.79 bits per heavy atom. The van der Waals surface area contributed by atoms with Crippen LogP contribution in [0.25, 0.3) is 0 Å². The molecule has 2 saturated heterocycles. The first kappa shape index (κ1) is 23.2. The van der Waals surface area contributed by atoms with Crippen molar-refractivity contribution in [1.82, 2.24) is 10.2 Å². The van der Waals surface area contributed by atoms with Crippen molar-refractivity contribution in [3.63, 3.8) is 0 Å². The quantitative estimate of drug-likeness (QED) is 0.369. The summed E-state index contributed by atoms with van der Waals surface area (Å²) in [5.74, 6) is 0.960. The number of anilines is 1. The highest BCUT2D eigenvalue weighted by Crippen LogP contribution is 2.21.